The minimum atomic E-state index is -1.01. The van der Waals surface area contributed by atoms with Crippen molar-refractivity contribution in [3.05, 3.63) is 28.2 Å². The first kappa shape index (κ1) is 10.7. The van der Waals surface area contributed by atoms with Gasteiger partial charge >= 0.3 is 5.97 Å². The fourth-order valence-electron chi connectivity index (χ4n) is 0.868. The summed E-state index contributed by atoms with van der Waals surface area (Å²) in [6.07, 6.45) is 1.33. The predicted molar refractivity (Wildman–Crippen MR) is 55.9 cm³/mol. The molecule has 0 aliphatic rings. The van der Waals surface area contributed by atoms with Crippen LogP contribution in [0, 0.1) is 0 Å². The molecule has 0 unspecified atom stereocenters. The Kier molecular flexibility index (Phi) is 3.64. The van der Waals surface area contributed by atoms with E-state index in [-0.39, 0.29) is 12.3 Å². The van der Waals surface area contributed by atoms with Crippen molar-refractivity contribution in [2.24, 2.45) is 4.99 Å². The van der Waals surface area contributed by atoms with Gasteiger partial charge in [0.1, 0.15) is 12.3 Å². The van der Waals surface area contributed by atoms with Gasteiger partial charge in [0.2, 0.25) is 0 Å². The number of carboxylic acid groups (broad SMARTS) is 1. The summed E-state index contributed by atoms with van der Waals surface area (Å²) in [7, 11) is 0. The minimum absolute atomic E-state index is 0.0634. The predicted octanol–water partition coefficient (Wildman–Crippen LogP) is 1.66. The van der Waals surface area contributed by atoms with Crippen LogP contribution in [0.1, 0.15) is 5.56 Å². The molecule has 4 nitrogen and oxygen atoms in total. The second-order valence-electron chi connectivity index (χ2n) is 2.54. The summed E-state index contributed by atoms with van der Waals surface area (Å²) in [6.45, 7) is -0.305. The van der Waals surface area contributed by atoms with Crippen LogP contribution in [0.2, 0.25) is 0 Å². The quantitative estimate of drug-likeness (QED) is 0.810. The van der Waals surface area contributed by atoms with E-state index in [4.69, 9.17) is 5.11 Å². The van der Waals surface area contributed by atoms with Crippen molar-refractivity contribution in [1.29, 1.82) is 0 Å². The summed E-state index contributed by atoms with van der Waals surface area (Å²) >= 11 is 3.22. The number of rotatable bonds is 3. The lowest BCUT2D eigenvalue weighted by atomic mass is 10.2. The highest BCUT2D eigenvalue weighted by Gasteiger charge is 2.02. The largest absolute Gasteiger partial charge is 0.507 e. The van der Waals surface area contributed by atoms with E-state index in [9.17, 15) is 9.90 Å². The van der Waals surface area contributed by atoms with Gasteiger partial charge < -0.3 is 10.2 Å². The molecule has 74 valence electrons. The van der Waals surface area contributed by atoms with Crippen LogP contribution in [0.25, 0.3) is 0 Å². The Balaban J connectivity index is 2.85. The Labute approximate surface area is 89.0 Å². The first-order valence-electron chi connectivity index (χ1n) is 3.80. The Bertz CT molecular complexity index is 356. The summed E-state index contributed by atoms with van der Waals surface area (Å²) in [4.78, 5) is 13.8. The number of carboxylic acids is 1. The summed E-state index contributed by atoms with van der Waals surface area (Å²) in [6, 6.07) is 4.92. The van der Waals surface area contributed by atoms with Gasteiger partial charge in [-0.15, -0.1) is 0 Å². The van der Waals surface area contributed by atoms with Crippen molar-refractivity contribution in [3.63, 3.8) is 0 Å². The normalized spacial score (nSPS) is 10.6. The molecule has 0 amide bonds. The molecule has 14 heavy (non-hydrogen) atoms. The van der Waals surface area contributed by atoms with Gasteiger partial charge in [-0.2, -0.15) is 0 Å². The average Bonchev–Trinajstić information content (AvgIpc) is 2.09. The van der Waals surface area contributed by atoms with Crippen molar-refractivity contribution in [2.75, 3.05) is 6.54 Å². The topological polar surface area (TPSA) is 69.9 Å². The van der Waals surface area contributed by atoms with Crippen LogP contribution < -0.4 is 0 Å². The minimum Gasteiger partial charge on any atom is -0.507 e. The zero-order valence-electron chi connectivity index (χ0n) is 7.14. The Hall–Kier alpha value is -1.36. The van der Waals surface area contributed by atoms with E-state index in [0.717, 1.165) is 0 Å². The summed E-state index contributed by atoms with van der Waals surface area (Å²) in [5.74, 6) is -0.943. The lowest BCUT2D eigenvalue weighted by Crippen LogP contribution is -1.99. The lowest BCUT2D eigenvalue weighted by Gasteiger charge is -2.00. The van der Waals surface area contributed by atoms with E-state index in [1.165, 1.54) is 12.3 Å². The molecule has 1 aromatic rings. The SMILES string of the molecule is O=C(O)CN=Cc1c(O)cccc1Br. The highest BCUT2D eigenvalue weighted by molar-refractivity contribution is 9.10. The van der Waals surface area contributed by atoms with Gasteiger partial charge in [-0.25, -0.2) is 0 Å². The maximum atomic E-state index is 10.2. The molecule has 0 radical (unpaired) electrons. The molecular formula is C9H8BrNO3. The molecule has 0 bridgehead atoms. The van der Waals surface area contributed by atoms with Gasteiger partial charge in [0.25, 0.3) is 0 Å². The van der Waals surface area contributed by atoms with Crippen LogP contribution in [0.15, 0.2) is 27.7 Å². The number of aromatic hydroxyl groups is 1. The average molecular weight is 258 g/mol. The molecule has 0 aromatic heterocycles. The summed E-state index contributed by atoms with van der Waals surface area (Å²) < 4.78 is 0.673. The number of nitrogens with zero attached hydrogens (tertiary/aromatic N) is 1. The standard InChI is InChI=1S/C9H8BrNO3/c10-7-2-1-3-8(12)6(7)4-11-5-9(13)14/h1-4,12H,5H2,(H,13,14). The van der Waals surface area contributed by atoms with Gasteiger partial charge in [0, 0.05) is 16.3 Å². The third-order valence-corrected chi connectivity index (χ3v) is 2.17. The number of aliphatic carboxylic acids is 1. The molecule has 1 aromatic carbocycles. The number of benzene rings is 1. The van der Waals surface area contributed by atoms with Crippen LogP contribution in [0.4, 0.5) is 0 Å². The van der Waals surface area contributed by atoms with Crippen LogP contribution >= 0.6 is 15.9 Å². The molecule has 0 saturated carbocycles. The van der Waals surface area contributed by atoms with Gasteiger partial charge in [0.15, 0.2) is 0 Å². The first-order chi connectivity index (χ1) is 6.61. The second kappa shape index (κ2) is 4.76. The molecule has 0 spiro atoms. The zero-order chi connectivity index (χ0) is 10.6. The van der Waals surface area contributed by atoms with E-state index >= 15 is 0 Å². The zero-order valence-corrected chi connectivity index (χ0v) is 8.73. The lowest BCUT2D eigenvalue weighted by molar-refractivity contribution is -0.135. The molecular weight excluding hydrogens is 250 g/mol. The highest BCUT2D eigenvalue weighted by Crippen LogP contribution is 2.23. The van der Waals surface area contributed by atoms with Crippen molar-refractivity contribution in [1.82, 2.24) is 0 Å². The molecule has 0 aliphatic heterocycles. The van der Waals surface area contributed by atoms with Crippen LogP contribution in [-0.2, 0) is 4.79 Å². The van der Waals surface area contributed by atoms with Gasteiger partial charge in [-0.05, 0) is 28.1 Å². The smallest absolute Gasteiger partial charge is 0.325 e. The third kappa shape index (κ3) is 2.85. The summed E-state index contributed by atoms with van der Waals surface area (Å²) in [5, 5.41) is 17.7. The fourth-order valence-corrected chi connectivity index (χ4v) is 1.33. The van der Waals surface area contributed by atoms with E-state index in [2.05, 4.69) is 20.9 Å². The van der Waals surface area contributed by atoms with Crippen LogP contribution in [-0.4, -0.2) is 28.9 Å². The highest BCUT2D eigenvalue weighted by atomic mass is 79.9. The van der Waals surface area contributed by atoms with Crippen molar-refractivity contribution >= 4 is 28.1 Å². The maximum absolute atomic E-state index is 10.2. The first-order valence-corrected chi connectivity index (χ1v) is 4.59. The van der Waals surface area contributed by atoms with Gasteiger partial charge in [-0.1, -0.05) is 6.07 Å². The number of phenols is 1. The Morgan fingerprint density at radius 1 is 1.57 bits per heavy atom. The Morgan fingerprint density at radius 2 is 2.29 bits per heavy atom. The molecule has 0 aliphatic carbocycles. The number of phenolic OH excluding ortho intramolecular Hbond substituents is 1. The van der Waals surface area contributed by atoms with Crippen LogP contribution in [0.3, 0.4) is 0 Å². The van der Waals surface area contributed by atoms with Crippen molar-refractivity contribution < 1.29 is 15.0 Å². The number of hydrogen-bond acceptors (Lipinski definition) is 3. The number of aliphatic imine (C=N–C) groups is 1. The number of halogens is 1. The fraction of sp³-hybridized carbons (Fsp3) is 0.111. The molecule has 1 rings (SSSR count). The van der Waals surface area contributed by atoms with E-state index in [0.29, 0.717) is 10.0 Å². The molecule has 0 heterocycles. The van der Waals surface area contributed by atoms with E-state index in [1.807, 2.05) is 0 Å². The molecule has 2 N–H and O–H groups in total. The van der Waals surface area contributed by atoms with Gasteiger partial charge in [-0.3, -0.25) is 9.79 Å². The Morgan fingerprint density at radius 3 is 2.86 bits per heavy atom. The van der Waals surface area contributed by atoms with Gasteiger partial charge in [0.05, 0.1) is 0 Å². The second-order valence-corrected chi connectivity index (χ2v) is 3.39. The summed E-state index contributed by atoms with van der Waals surface area (Å²) in [5.41, 5.74) is 0.480. The van der Waals surface area contributed by atoms with Crippen LogP contribution in [0.5, 0.6) is 5.75 Å². The monoisotopic (exact) mass is 257 g/mol. The molecule has 5 heteroatoms. The van der Waals surface area contributed by atoms with Crippen molar-refractivity contribution in [3.8, 4) is 5.75 Å². The van der Waals surface area contributed by atoms with E-state index in [1.54, 1.807) is 12.1 Å². The van der Waals surface area contributed by atoms with E-state index < -0.39 is 5.97 Å². The third-order valence-electron chi connectivity index (χ3n) is 1.48. The molecule has 0 fully saturated rings. The maximum Gasteiger partial charge on any atom is 0.325 e. The number of carbonyl (C=O) groups is 1. The molecule has 0 atom stereocenters. The van der Waals surface area contributed by atoms with Crippen molar-refractivity contribution in [2.45, 2.75) is 0 Å². The number of hydrogen-bond donors (Lipinski definition) is 2. The molecule has 0 saturated heterocycles.